The molecule has 2 aromatic rings. The molecule has 1 saturated carbocycles. The average molecular weight is 443 g/mol. The number of hydrogen-bond donors (Lipinski definition) is 1. The largest absolute Gasteiger partial charge is 0.351 e. The Morgan fingerprint density at radius 1 is 1.00 bits per heavy atom. The van der Waals surface area contributed by atoms with Gasteiger partial charge in [-0.1, -0.05) is 61.2 Å². The predicted octanol–water partition coefficient (Wildman–Crippen LogP) is 4.60. The summed E-state index contributed by atoms with van der Waals surface area (Å²) in [5, 5.41) is 2.85. The van der Waals surface area contributed by atoms with E-state index in [9.17, 15) is 13.2 Å². The van der Waals surface area contributed by atoms with E-state index in [4.69, 9.17) is 0 Å². The van der Waals surface area contributed by atoms with Crippen molar-refractivity contribution in [3.05, 3.63) is 64.2 Å². The van der Waals surface area contributed by atoms with Crippen LogP contribution in [0.3, 0.4) is 0 Å². The van der Waals surface area contributed by atoms with E-state index in [0.717, 1.165) is 15.4 Å². The molecule has 0 spiro atoms. The first-order valence-corrected chi connectivity index (χ1v) is 12.5. The molecule has 1 aliphatic carbocycles. The van der Waals surface area contributed by atoms with Gasteiger partial charge in [-0.2, -0.15) is 4.31 Å². The van der Waals surface area contributed by atoms with Crippen LogP contribution in [0.1, 0.15) is 65.8 Å². The maximum absolute atomic E-state index is 13.0. The van der Waals surface area contributed by atoms with E-state index in [1.54, 1.807) is 13.8 Å². The summed E-state index contributed by atoms with van der Waals surface area (Å²) < 4.78 is 27.2. The van der Waals surface area contributed by atoms with Crippen molar-refractivity contribution in [2.75, 3.05) is 13.6 Å². The number of carbonyl (C=O) groups is 1. The first kappa shape index (κ1) is 23.5. The smallest absolute Gasteiger partial charge is 0.243 e. The molecule has 0 bridgehead atoms. The highest BCUT2D eigenvalue weighted by Crippen LogP contribution is 2.32. The number of nitrogens with one attached hydrogen (secondary N) is 1. The lowest BCUT2D eigenvalue weighted by molar-refractivity contribution is -0.121. The second kappa shape index (κ2) is 9.96. The monoisotopic (exact) mass is 442 g/mol. The standard InChI is InChI=1S/C25H34N2O3S/c1-18-14-19(2)25(20(3)15-18)31(29,30)27(4)17-24(28)26-16-21-10-12-23(13-11-21)22-8-6-5-7-9-22/h10-15,22H,5-9,16-17H2,1-4H3,(H,26,28). The lowest BCUT2D eigenvalue weighted by Gasteiger charge is -2.22. The Morgan fingerprint density at radius 2 is 1.58 bits per heavy atom. The van der Waals surface area contributed by atoms with Crippen LogP contribution >= 0.6 is 0 Å². The van der Waals surface area contributed by atoms with E-state index in [1.807, 2.05) is 19.1 Å². The van der Waals surface area contributed by atoms with E-state index in [-0.39, 0.29) is 17.3 Å². The number of hydrogen-bond acceptors (Lipinski definition) is 3. The molecular weight excluding hydrogens is 408 g/mol. The van der Waals surface area contributed by atoms with Crippen molar-refractivity contribution in [1.29, 1.82) is 0 Å². The Hall–Kier alpha value is -2.18. The van der Waals surface area contributed by atoms with E-state index in [2.05, 4.69) is 29.6 Å². The number of sulfonamides is 1. The molecule has 1 aliphatic rings. The highest BCUT2D eigenvalue weighted by atomic mass is 32.2. The second-order valence-electron chi connectivity index (χ2n) is 8.84. The number of nitrogens with zero attached hydrogens (tertiary/aromatic N) is 1. The van der Waals surface area contributed by atoms with Gasteiger partial charge in [0.05, 0.1) is 11.4 Å². The fourth-order valence-corrected chi connectivity index (χ4v) is 6.15. The molecular formula is C25H34N2O3S. The molecule has 1 amide bonds. The first-order valence-electron chi connectivity index (χ1n) is 11.1. The quantitative estimate of drug-likeness (QED) is 0.682. The summed E-state index contributed by atoms with van der Waals surface area (Å²) in [6, 6.07) is 12.1. The fraction of sp³-hybridized carbons (Fsp3) is 0.480. The fourth-order valence-electron chi connectivity index (χ4n) is 4.62. The van der Waals surface area contributed by atoms with Crippen LogP contribution in [0.5, 0.6) is 0 Å². The summed E-state index contributed by atoms with van der Waals surface area (Å²) in [6.45, 7) is 5.69. The number of amides is 1. The van der Waals surface area contributed by atoms with Crippen molar-refractivity contribution < 1.29 is 13.2 Å². The zero-order valence-corrected chi connectivity index (χ0v) is 19.9. The van der Waals surface area contributed by atoms with Crippen LogP contribution in [0.25, 0.3) is 0 Å². The van der Waals surface area contributed by atoms with E-state index < -0.39 is 10.0 Å². The summed E-state index contributed by atoms with van der Waals surface area (Å²) in [4.78, 5) is 12.7. The molecule has 1 fully saturated rings. The van der Waals surface area contributed by atoms with Crippen molar-refractivity contribution >= 4 is 15.9 Å². The molecule has 168 valence electrons. The van der Waals surface area contributed by atoms with Crippen molar-refractivity contribution in [3.63, 3.8) is 0 Å². The summed E-state index contributed by atoms with van der Waals surface area (Å²) in [6.07, 6.45) is 6.47. The van der Waals surface area contributed by atoms with Gasteiger partial charge in [0.25, 0.3) is 0 Å². The first-order chi connectivity index (χ1) is 14.7. The minimum Gasteiger partial charge on any atom is -0.351 e. The van der Waals surface area contributed by atoms with Gasteiger partial charge in [0.1, 0.15) is 0 Å². The Kier molecular flexibility index (Phi) is 7.55. The molecule has 0 aromatic heterocycles. The van der Waals surface area contributed by atoms with Gasteiger partial charge in [0.15, 0.2) is 0 Å². The maximum atomic E-state index is 13.0. The van der Waals surface area contributed by atoms with Crippen LogP contribution in [-0.4, -0.2) is 32.2 Å². The molecule has 0 unspecified atom stereocenters. The molecule has 3 rings (SSSR count). The van der Waals surface area contributed by atoms with Crippen molar-refractivity contribution in [2.24, 2.45) is 0 Å². The minimum absolute atomic E-state index is 0.213. The van der Waals surface area contributed by atoms with Crippen LogP contribution in [0.2, 0.25) is 0 Å². The summed E-state index contributed by atoms with van der Waals surface area (Å²) in [7, 11) is -2.29. The molecule has 0 atom stereocenters. The SMILES string of the molecule is Cc1cc(C)c(S(=O)(=O)N(C)CC(=O)NCc2ccc(C3CCCCC3)cc2)c(C)c1. The molecule has 0 saturated heterocycles. The Labute approximate surface area is 186 Å². The zero-order valence-electron chi connectivity index (χ0n) is 19.1. The van der Waals surface area contributed by atoms with Gasteiger partial charge in [-0.25, -0.2) is 8.42 Å². The summed E-state index contributed by atoms with van der Waals surface area (Å²) >= 11 is 0. The number of rotatable bonds is 7. The van der Waals surface area contributed by atoms with E-state index >= 15 is 0 Å². The third-order valence-corrected chi connectivity index (χ3v) is 8.29. The highest BCUT2D eigenvalue weighted by Gasteiger charge is 2.26. The van der Waals surface area contributed by atoms with Gasteiger partial charge >= 0.3 is 0 Å². The van der Waals surface area contributed by atoms with Crippen molar-refractivity contribution in [3.8, 4) is 0 Å². The van der Waals surface area contributed by atoms with Crippen LogP contribution in [0.15, 0.2) is 41.3 Å². The second-order valence-corrected chi connectivity index (χ2v) is 10.8. The average Bonchev–Trinajstić information content (AvgIpc) is 2.72. The molecule has 5 nitrogen and oxygen atoms in total. The highest BCUT2D eigenvalue weighted by molar-refractivity contribution is 7.89. The number of likely N-dealkylation sites (N-methyl/N-ethyl adjacent to an activating group) is 1. The third kappa shape index (κ3) is 5.74. The molecule has 31 heavy (non-hydrogen) atoms. The minimum atomic E-state index is -3.74. The number of aryl methyl sites for hydroxylation is 3. The molecule has 6 heteroatoms. The number of benzene rings is 2. The van der Waals surface area contributed by atoms with Crippen LogP contribution in [0, 0.1) is 20.8 Å². The zero-order chi connectivity index (χ0) is 22.6. The van der Waals surface area contributed by atoms with E-state index in [0.29, 0.717) is 23.6 Å². The lowest BCUT2D eigenvalue weighted by Crippen LogP contribution is -2.38. The topological polar surface area (TPSA) is 66.5 Å². The Morgan fingerprint density at radius 3 is 2.16 bits per heavy atom. The maximum Gasteiger partial charge on any atom is 0.243 e. The van der Waals surface area contributed by atoms with Crippen molar-refractivity contribution in [2.45, 2.75) is 70.2 Å². The molecule has 0 heterocycles. The van der Waals surface area contributed by atoms with Gasteiger partial charge < -0.3 is 5.32 Å². The molecule has 2 aromatic carbocycles. The van der Waals surface area contributed by atoms with Crippen LogP contribution < -0.4 is 5.32 Å². The van der Waals surface area contributed by atoms with Gasteiger partial charge in [-0.15, -0.1) is 0 Å². The van der Waals surface area contributed by atoms with Crippen LogP contribution in [-0.2, 0) is 21.4 Å². The Bertz CT molecular complexity index is 1000. The lowest BCUT2D eigenvalue weighted by atomic mass is 9.84. The predicted molar refractivity (Wildman–Crippen MR) is 125 cm³/mol. The van der Waals surface area contributed by atoms with Crippen LogP contribution in [0.4, 0.5) is 0 Å². The molecule has 1 N–H and O–H groups in total. The molecule has 0 aliphatic heterocycles. The summed E-state index contributed by atoms with van der Waals surface area (Å²) in [5.74, 6) is 0.342. The number of carbonyl (C=O) groups excluding carboxylic acids is 1. The van der Waals surface area contributed by atoms with Crippen molar-refractivity contribution in [1.82, 2.24) is 9.62 Å². The Balaban J connectivity index is 1.58. The third-order valence-electron chi connectivity index (χ3n) is 6.19. The summed E-state index contributed by atoms with van der Waals surface area (Å²) in [5.41, 5.74) is 4.81. The van der Waals surface area contributed by atoms with Gasteiger partial charge in [-0.05, 0) is 61.8 Å². The van der Waals surface area contributed by atoms with Gasteiger partial charge in [0, 0.05) is 13.6 Å². The van der Waals surface area contributed by atoms with Gasteiger partial charge in [-0.3, -0.25) is 4.79 Å². The normalized spacial score (nSPS) is 15.3. The van der Waals surface area contributed by atoms with E-state index in [1.165, 1.54) is 44.7 Å². The van der Waals surface area contributed by atoms with Gasteiger partial charge in [0.2, 0.25) is 15.9 Å². The molecule has 0 radical (unpaired) electrons.